The minimum atomic E-state index is -1.18. The number of benzene rings is 1. The molecule has 9 nitrogen and oxygen atoms in total. The summed E-state index contributed by atoms with van der Waals surface area (Å²) in [6.45, 7) is 1.75. The number of nitrogens with two attached hydrogens (primary N) is 1. The van der Waals surface area contributed by atoms with Gasteiger partial charge in [0.15, 0.2) is 6.10 Å². The second-order valence-corrected chi connectivity index (χ2v) is 5.67. The van der Waals surface area contributed by atoms with E-state index in [0.717, 1.165) is 11.3 Å². The first-order valence-electron chi connectivity index (χ1n) is 8.10. The predicted molar refractivity (Wildman–Crippen MR) is 91.8 cm³/mol. The molecule has 1 atom stereocenters. The summed E-state index contributed by atoms with van der Waals surface area (Å²) in [6, 6.07) is 8.50. The molecule has 0 unspecified atom stereocenters. The summed E-state index contributed by atoms with van der Waals surface area (Å²) in [4.78, 5) is 45.9. The molecule has 26 heavy (non-hydrogen) atoms. The van der Waals surface area contributed by atoms with Crippen molar-refractivity contribution >= 4 is 29.5 Å². The summed E-state index contributed by atoms with van der Waals surface area (Å²) < 4.78 is 4.85. The Bertz CT molecular complexity index is 732. The van der Waals surface area contributed by atoms with Crippen molar-refractivity contribution < 1.29 is 23.9 Å². The van der Waals surface area contributed by atoms with Crippen LogP contribution in [0.5, 0.6) is 0 Å². The van der Waals surface area contributed by atoms with E-state index in [2.05, 4.69) is 5.10 Å². The van der Waals surface area contributed by atoms with E-state index in [1.54, 1.807) is 0 Å². The Labute approximate surface area is 150 Å². The molecule has 0 fully saturated rings. The quantitative estimate of drug-likeness (QED) is 0.714. The first kappa shape index (κ1) is 19.1. The molecule has 4 amide bonds. The van der Waals surface area contributed by atoms with Gasteiger partial charge in [0.05, 0.1) is 18.7 Å². The molecule has 0 aromatic heterocycles. The topological polar surface area (TPSA) is 131 Å². The van der Waals surface area contributed by atoms with Crippen molar-refractivity contribution in [3.63, 3.8) is 0 Å². The van der Waals surface area contributed by atoms with Crippen molar-refractivity contribution in [3.05, 3.63) is 35.9 Å². The van der Waals surface area contributed by atoms with Gasteiger partial charge in [-0.2, -0.15) is 5.10 Å². The summed E-state index contributed by atoms with van der Waals surface area (Å²) in [7, 11) is 0. The Morgan fingerprint density at radius 2 is 1.92 bits per heavy atom. The Morgan fingerprint density at radius 1 is 1.23 bits per heavy atom. The maximum absolute atomic E-state index is 12.2. The number of carbonyl (C=O) groups excluding carboxylic acids is 4. The molecule has 2 rings (SSSR count). The lowest BCUT2D eigenvalue weighted by molar-refractivity contribution is -0.155. The third kappa shape index (κ3) is 5.40. The van der Waals surface area contributed by atoms with Gasteiger partial charge in [-0.05, 0) is 12.5 Å². The van der Waals surface area contributed by atoms with Gasteiger partial charge in [-0.3, -0.25) is 19.7 Å². The third-order valence-corrected chi connectivity index (χ3v) is 3.66. The lowest BCUT2D eigenvalue weighted by atomic mass is 10.1. The van der Waals surface area contributed by atoms with Gasteiger partial charge in [-0.1, -0.05) is 30.3 Å². The molecule has 0 radical (unpaired) electrons. The van der Waals surface area contributed by atoms with Gasteiger partial charge in [0, 0.05) is 12.8 Å². The minimum absolute atomic E-state index is 0.0887. The number of esters is 1. The van der Waals surface area contributed by atoms with E-state index >= 15 is 0 Å². The van der Waals surface area contributed by atoms with Crippen LogP contribution in [-0.4, -0.2) is 47.2 Å². The number of rotatable bonds is 6. The van der Waals surface area contributed by atoms with Gasteiger partial charge >= 0.3 is 12.0 Å². The molecule has 0 saturated carbocycles. The van der Waals surface area contributed by atoms with Crippen LogP contribution >= 0.6 is 0 Å². The highest BCUT2D eigenvalue weighted by molar-refractivity contribution is 6.02. The average molecular weight is 360 g/mol. The normalized spacial score (nSPS) is 14.3. The van der Waals surface area contributed by atoms with Crippen molar-refractivity contribution in [2.45, 2.75) is 32.3 Å². The van der Waals surface area contributed by atoms with Crippen molar-refractivity contribution in [1.29, 1.82) is 0 Å². The number of imide groups is 1. The second-order valence-electron chi connectivity index (χ2n) is 5.67. The van der Waals surface area contributed by atoms with Gasteiger partial charge in [0.25, 0.3) is 5.91 Å². The van der Waals surface area contributed by atoms with E-state index < -0.39 is 24.0 Å². The number of nitrogens with zero attached hydrogens (tertiary/aromatic N) is 2. The summed E-state index contributed by atoms with van der Waals surface area (Å²) in [6.07, 6.45) is -0.821. The van der Waals surface area contributed by atoms with Crippen molar-refractivity contribution in [3.8, 4) is 0 Å². The third-order valence-electron chi connectivity index (χ3n) is 3.66. The predicted octanol–water partition coefficient (Wildman–Crippen LogP) is 0.530. The summed E-state index contributed by atoms with van der Waals surface area (Å²) >= 11 is 0. The van der Waals surface area contributed by atoms with Crippen LogP contribution in [0.4, 0.5) is 4.79 Å². The Morgan fingerprint density at radius 3 is 2.58 bits per heavy atom. The van der Waals surface area contributed by atoms with E-state index in [1.807, 2.05) is 35.6 Å². The smallest absolute Gasteiger partial charge is 0.318 e. The number of hydrazone groups is 1. The fraction of sp³-hybridized carbons (Fsp3) is 0.353. The molecule has 3 N–H and O–H groups in total. The minimum Gasteiger partial charge on any atom is -0.453 e. The zero-order valence-electron chi connectivity index (χ0n) is 14.3. The van der Waals surface area contributed by atoms with Crippen molar-refractivity contribution in [2.24, 2.45) is 10.8 Å². The molecule has 0 bridgehead atoms. The van der Waals surface area contributed by atoms with Crippen LogP contribution in [-0.2, 0) is 19.1 Å². The maximum atomic E-state index is 12.2. The molecule has 1 aromatic rings. The number of amides is 4. The second kappa shape index (κ2) is 8.75. The number of nitrogens with one attached hydrogen (secondary N) is 1. The molecule has 1 aromatic carbocycles. The van der Waals surface area contributed by atoms with Crippen molar-refractivity contribution in [1.82, 2.24) is 10.3 Å². The standard InChI is InChI=1S/C17H20N4O5/c1-11(16(24)19-17(18)25)26-15(23)8-7-14(22)21-10-9-13(20-21)12-5-3-2-4-6-12/h2-6,11H,7-10H2,1H3,(H3,18,19,24,25)/t11-/m0/s1. The molecular formula is C17H20N4O5. The Balaban J connectivity index is 1.80. The number of primary amides is 1. The number of carbonyl (C=O) groups is 4. The van der Waals surface area contributed by atoms with Gasteiger partial charge in [-0.15, -0.1) is 0 Å². The average Bonchev–Trinajstić information content (AvgIpc) is 3.10. The van der Waals surface area contributed by atoms with Crippen LogP contribution in [0.15, 0.2) is 35.4 Å². The van der Waals surface area contributed by atoms with E-state index in [4.69, 9.17) is 10.5 Å². The van der Waals surface area contributed by atoms with Crippen molar-refractivity contribution in [2.75, 3.05) is 6.54 Å². The van der Waals surface area contributed by atoms with Crippen LogP contribution < -0.4 is 11.1 Å². The number of hydrogen-bond acceptors (Lipinski definition) is 6. The molecule has 0 spiro atoms. The highest BCUT2D eigenvalue weighted by Crippen LogP contribution is 2.15. The van der Waals surface area contributed by atoms with E-state index in [-0.39, 0.29) is 18.7 Å². The number of ether oxygens (including phenoxy) is 1. The lowest BCUT2D eigenvalue weighted by Gasteiger charge is -2.13. The molecule has 0 saturated heterocycles. The first-order chi connectivity index (χ1) is 12.4. The van der Waals surface area contributed by atoms with E-state index in [0.29, 0.717) is 13.0 Å². The van der Waals surface area contributed by atoms with Gasteiger partial charge in [0.2, 0.25) is 5.91 Å². The maximum Gasteiger partial charge on any atom is 0.318 e. The number of urea groups is 1. The molecule has 0 aliphatic carbocycles. The highest BCUT2D eigenvalue weighted by Gasteiger charge is 2.23. The Kier molecular flexibility index (Phi) is 6.42. The van der Waals surface area contributed by atoms with Crippen LogP contribution in [0, 0.1) is 0 Å². The molecule has 1 heterocycles. The number of hydrogen-bond donors (Lipinski definition) is 2. The summed E-state index contributed by atoms with van der Waals surface area (Å²) in [5.41, 5.74) is 6.58. The van der Waals surface area contributed by atoms with Crippen LogP contribution in [0.2, 0.25) is 0 Å². The van der Waals surface area contributed by atoms with E-state index in [1.165, 1.54) is 11.9 Å². The van der Waals surface area contributed by atoms with Crippen LogP contribution in [0.3, 0.4) is 0 Å². The van der Waals surface area contributed by atoms with Gasteiger partial charge < -0.3 is 10.5 Å². The zero-order valence-corrected chi connectivity index (χ0v) is 14.3. The first-order valence-corrected chi connectivity index (χ1v) is 8.10. The molecule has 9 heteroatoms. The van der Waals surface area contributed by atoms with Gasteiger partial charge in [0.1, 0.15) is 0 Å². The SMILES string of the molecule is C[C@H](OC(=O)CCC(=O)N1CCC(c2ccccc2)=N1)C(=O)NC(N)=O. The summed E-state index contributed by atoms with van der Waals surface area (Å²) in [5.74, 6) is -1.85. The fourth-order valence-corrected chi connectivity index (χ4v) is 2.34. The fourth-order valence-electron chi connectivity index (χ4n) is 2.34. The van der Waals surface area contributed by atoms with Crippen LogP contribution in [0.25, 0.3) is 0 Å². The largest absolute Gasteiger partial charge is 0.453 e. The molecule has 138 valence electrons. The highest BCUT2D eigenvalue weighted by atomic mass is 16.5. The van der Waals surface area contributed by atoms with E-state index in [9.17, 15) is 19.2 Å². The monoisotopic (exact) mass is 360 g/mol. The zero-order chi connectivity index (χ0) is 19.1. The lowest BCUT2D eigenvalue weighted by Crippen LogP contribution is -2.42. The summed E-state index contributed by atoms with van der Waals surface area (Å²) in [5, 5.41) is 7.43. The molecule has 1 aliphatic rings. The Hall–Kier alpha value is -3.23. The molecular weight excluding hydrogens is 340 g/mol. The van der Waals surface area contributed by atoms with Gasteiger partial charge in [-0.25, -0.2) is 9.80 Å². The van der Waals surface area contributed by atoms with Crippen LogP contribution in [0.1, 0.15) is 31.7 Å². The molecule has 1 aliphatic heterocycles.